The molecule has 100 valence electrons. The molecule has 0 radical (unpaired) electrons. The number of nitrogens with two attached hydrogens (primary N) is 1. The maximum atomic E-state index is 11.8. The van der Waals surface area contributed by atoms with E-state index in [4.69, 9.17) is 15.2 Å². The Morgan fingerprint density at radius 3 is 2.67 bits per heavy atom. The van der Waals surface area contributed by atoms with Crippen LogP contribution in [0.3, 0.4) is 0 Å². The Kier molecular flexibility index (Phi) is 5.65. The number of anilines is 1. The molecule has 0 amide bonds. The number of carbonyl (C=O) groups excluding carboxylic acids is 1. The van der Waals surface area contributed by atoms with E-state index in [2.05, 4.69) is 13.8 Å². The van der Waals surface area contributed by atoms with Crippen molar-refractivity contribution in [2.24, 2.45) is 5.92 Å². The Morgan fingerprint density at radius 2 is 2.06 bits per heavy atom. The Hall–Kier alpha value is -1.55. The van der Waals surface area contributed by atoms with Crippen LogP contribution >= 0.6 is 0 Å². The first-order chi connectivity index (χ1) is 8.50. The van der Waals surface area contributed by atoms with Gasteiger partial charge in [-0.15, -0.1) is 0 Å². The Balaban J connectivity index is 2.36. The van der Waals surface area contributed by atoms with Gasteiger partial charge in [-0.1, -0.05) is 13.8 Å². The maximum absolute atomic E-state index is 11.8. The van der Waals surface area contributed by atoms with E-state index in [0.717, 1.165) is 5.56 Å². The molecule has 0 fully saturated rings. The number of rotatable bonds is 6. The van der Waals surface area contributed by atoms with Gasteiger partial charge < -0.3 is 15.2 Å². The molecule has 0 unspecified atom stereocenters. The molecule has 0 saturated carbocycles. The maximum Gasteiger partial charge on any atom is 0.338 e. The molecule has 1 aromatic rings. The number of ether oxygens (including phenoxy) is 2. The number of hydrogen-bond acceptors (Lipinski definition) is 4. The molecule has 0 bridgehead atoms. The lowest BCUT2D eigenvalue weighted by molar-refractivity contribution is 0.0277. The topological polar surface area (TPSA) is 61.6 Å². The molecule has 18 heavy (non-hydrogen) atoms. The van der Waals surface area contributed by atoms with Crippen LogP contribution in [0.5, 0.6) is 0 Å². The SMILES string of the molecule is Cc1cc(N)ccc1C(=O)OCCOCC(C)C. The molecule has 0 heterocycles. The van der Waals surface area contributed by atoms with Gasteiger partial charge in [0, 0.05) is 12.3 Å². The fourth-order valence-corrected chi connectivity index (χ4v) is 1.51. The summed E-state index contributed by atoms with van der Waals surface area (Å²) in [4.78, 5) is 11.8. The average Bonchev–Trinajstić information content (AvgIpc) is 2.27. The van der Waals surface area contributed by atoms with Gasteiger partial charge in [-0.3, -0.25) is 0 Å². The van der Waals surface area contributed by atoms with E-state index in [0.29, 0.717) is 30.4 Å². The Bertz CT molecular complexity index is 402. The van der Waals surface area contributed by atoms with Crippen molar-refractivity contribution >= 4 is 11.7 Å². The van der Waals surface area contributed by atoms with Crippen LogP contribution in [0.25, 0.3) is 0 Å². The molecule has 0 atom stereocenters. The molecule has 1 aromatic carbocycles. The lowest BCUT2D eigenvalue weighted by atomic mass is 10.1. The van der Waals surface area contributed by atoms with Gasteiger partial charge in [0.05, 0.1) is 12.2 Å². The molecule has 2 N–H and O–H groups in total. The van der Waals surface area contributed by atoms with Crippen LogP contribution < -0.4 is 5.73 Å². The number of aryl methyl sites for hydroxylation is 1. The lowest BCUT2D eigenvalue weighted by Gasteiger charge is -2.09. The monoisotopic (exact) mass is 251 g/mol. The molecule has 0 spiro atoms. The minimum absolute atomic E-state index is 0.273. The van der Waals surface area contributed by atoms with E-state index < -0.39 is 0 Å². The van der Waals surface area contributed by atoms with Crippen molar-refractivity contribution in [2.45, 2.75) is 20.8 Å². The summed E-state index contributed by atoms with van der Waals surface area (Å²) in [6.07, 6.45) is 0. The van der Waals surface area contributed by atoms with Crippen LogP contribution in [0.1, 0.15) is 29.8 Å². The predicted molar refractivity (Wildman–Crippen MR) is 71.5 cm³/mol. The van der Waals surface area contributed by atoms with Gasteiger partial charge in [0.25, 0.3) is 0 Å². The third-order valence-corrected chi connectivity index (χ3v) is 2.38. The van der Waals surface area contributed by atoms with Crippen LogP contribution in [0.2, 0.25) is 0 Å². The van der Waals surface area contributed by atoms with E-state index in [1.165, 1.54) is 0 Å². The molecule has 0 saturated heterocycles. The normalized spacial score (nSPS) is 10.7. The largest absolute Gasteiger partial charge is 0.460 e. The van der Waals surface area contributed by atoms with Crippen molar-refractivity contribution in [2.75, 3.05) is 25.6 Å². The molecule has 0 aliphatic heterocycles. The van der Waals surface area contributed by atoms with E-state index >= 15 is 0 Å². The number of esters is 1. The van der Waals surface area contributed by atoms with Crippen molar-refractivity contribution in [3.63, 3.8) is 0 Å². The van der Waals surface area contributed by atoms with Crippen molar-refractivity contribution in [1.29, 1.82) is 0 Å². The number of hydrogen-bond donors (Lipinski definition) is 1. The van der Waals surface area contributed by atoms with E-state index in [9.17, 15) is 4.79 Å². The van der Waals surface area contributed by atoms with Crippen molar-refractivity contribution in [3.05, 3.63) is 29.3 Å². The highest BCUT2D eigenvalue weighted by molar-refractivity contribution is 5.91. The van der Waals surface area contributed by atoms with Gasteiger partial charge in [-0.05, 0) is 36.6 Å². The summed E-state index contributed by atoms with van der Waals surface area (Å²) in [5.41, 5.74) is 7.64. The Morgan fingerprint density at radius 1 is 1.33 bits per heavy atom. The van der Waals surface area contributed by atoms with E-state index in [-0.39, 0.29) is 12.6 Å². The second-order valence-corrected chi connectivity index (χ2v) is 4.68. The number of carbonyl (C=O) groups is 1. The highest BCUT2D eigenvalue weighted by Crippen LogP contribution is 2.13. The zero-order chi connectivity index (χ0) is 13.5. The summed E-state index contributed by atoms with van der Waals surface area (Å²) < 4.78 is 10.5. The molecule has 0 aliphatic rings. The molecular formula is C14H21NO3. The fourth-order valence-electron chi connectivity index (χ4n) is 1.51. The van der Waals surface area contributed by atoms with Gasteiger partial charge in [-0.25, -0.2) is 4.79 Å². The van der Waals surface area contributed by atoms with E-state index in [1.54, 1.807) is 18.2 Å². The van der Waals surface area contributed by atoms with Gasteiger partial charge in [0.1, 0.15) is 6.61 Å². The average molecular weight is 251 g/mol. The van der Waals surface area contributed by atoms with Gasteiger partial charge in [0.2, 0.25) is 0 Å². The number of benzene rings is 1. The highest BCUT2D eigenvalue weighted by Gasteiger charge is 2.10. The smallest absolute Gasteiger partial charge is 0.338 e. The zero-order valence-corrected chi connectivity index (χ0v) is 11.2. The van der Waals surface area contributed by atoms with Gasteiger partial charge >= 0.3 is 5.97 Å². The molecule has 0 aromatic heterocycles. The number of nitrogen functional groups attached to an aromatic ring is 1. The quantitative estimate of drug-likeness (QED) is 0.479. The molecular weight excluding hydrogens is 230 g/mol. The summed E-state index contributed by atoms with van der Waals surface area (Å²) in [5, 5.41) is 0. The first kappa shape index (κ1) is 14.5. The second kappa shape index (κ2) is 7.01. The van der Waals surface area contributed by atoms with Gasteiger partial charge in [-0.2, -0.15) is 0 Å². The second-order valence-electron chi connectivity index (χ2n) is 4.68. The summed E-state index contributed by atoms with van der Waals surface area (Å²) >= 11 is 0. The van der Waals surface area contributed by atoms with Crippen LogP contribution in [0.4, 0.5) is 5.69 Å². The minimum Gasteiger partial charge on any atom is -0.460 e. The van der Waals surface area contributed by atoms with Gasteiger partial charge in [0.15, 0.2) is 0 Å². The lowest BCUT2D eigenvalue weighted by Crippen LogP contribution is -2.13. The molecule has 4 heteroatoms. The van der Waals surface area contributed by atoms with Crippen molar-refractivity contribution < 1.29 is 14.3 Å². The summed E-state index contributed by atoms with van der Waals surface area (Å²) in [7, 11) is 0. The predicted octanol–water partition coefficient (Wildman–Crippen LogP) is 2.41. The van der Waals surface area contributed by atoms with E-state index in [1.807, 2.05) is 6.92 Å². The van der Waals surface area contributed by atoms with Crippen molar-refractivity contribution in [3.8, 4) is 0 Å². The van der Waals surface area contributed by atoms with Crippen LogP contribution in [-0.4, -0.2) is 25.8 Å². The Labute approximate surface area is 108 Å². The third-order valence-electron chi connectivity index (χ3n) is 2.38. The first-order valence-electron chi connectivity index (χ1n) is 6.11. The molecule has 1 rings (SSSR count). The summed E-state index contributed by atoms with van der Waals surface area (Å²) in [5.74, 6) is 0.153. The first-order valence-corrected chi connectivity index (χ1v) is 6.11. The van der Waals surface area contributed by atoms with Crippen LogP contribution in [-0.2, 0) is 9.47 Å². The van der Waals surface area contributed by atoms with Crippen molar-refractivity contribution in [1.82, 2.24) is 0 Å². The highest BCUT2D eigenvalue weighted by atomic mass is 16.6. The summed E-state index contributed by atoms with van der Waals surface area (Å²) in [6, 6.07) is 5.13. The third kappa shape index (κ3) is 4.75. The minimum atomic E-state index is -0.333. The fraction of sp³-hybridized carbons (Fsp3) is 0.500. The summed E-state index contributed by atoms with van der Waals surface area (Å²) in [6.45, 7) is 7.36. The van der Waals surface area contributed by atoms with Crippen LogP contribution in [0.15, 0.2) is 18.2 Å². The zero-order valence-electron chi connectivity index (χ0n) is 11.2. The molecule has 0 aliphatic carbocycles. The molecule has 4 nitrogen and oxygen atoms in total. The standard InChI is InChI=1S/C14H21NO3/c1-10(2)9-17-6-7-18-14(16)13-5-4-12(15)8-11(13)3/h4-5,8,10H,6-7,9,15H2,1-3H3. The van der Waals surface area contributed by atoms with Crippen LogP contribution in [0, 0.1) is 12.8 Å².